The van der Waals surface area contributed by atoms with Crippen molar-refractivity contribution in [1.82, 2.24) is 0 Å². The average molecular weight is 146 g/mol. The molecule has 1 aromatic rings. The van der Waals surface area contributed by atoms with Crippen LogP contribution in [0.5, 0.6) is 0 Å². The van der Waals surface area contributed by atoms with Crippen LogP contribution in [0.4, 0.5) is 11.4 Å². The van der Waals surface area contributed by atoms with Crippen LogP contribution >= 0.6 is 0 Å². The van der Waals surface area contributed by atoms with Crippen LogP contribution in [0.2, 0.25) is 0 Å². The second-order valence-electron chi connectivity index (χ2n) is 1.67. The van der Waals surface area contributed by atoms with Crippen molar-refractivity contribution in [3.05, 3.63) is 24.3 Å². The molecule has 4 heteroatoms. The van der Waals surface area contributed by atoms with Crippen molar-refractivity contribution >= 4 is 19.8 Å². The normalized spacial score (nSPS) is 7.20. The Bertz CT molecular complexity index is 155. The maximum absolute atomic E-state index is 5.37. The largest absolute Gasteiger partial charge is 1.00 e. The van der Waals surface area contributed by atoms with Crippen LogP contribution in [0, 0.1) is 0 Å². The number of anilines is 2. The zero-order valence-corrected chi connectivity index (χ0v) is 7.46. The molecule has 0 spiro atoms. The average Bonchev–Trinajstić information content (AvgIpc) is 1.77. The standard InChI is InChI=1S/C6H8N2.BH4.Na/c7-5-1-2-6(8)4-3-5;;/h1-4H,7-8H2;1H4;/q;-1;+1. The molecule has 4 N–H and O–H groups in total. The Hall–Kier alpha value is -0.115. The van der Waals surface area contributed by atoms with E-state index in [1.54, 1.807) is 24.3 Å². The van der Waals surface area contributed by atoms with Crippen molar-refractivity contribution in [2.24, 2.45) is 0 Å². The van der Waals surface area contributed by atoms with Gasteiger partial charge in [-0.3, -0.25) is 0 Å². The van der Waals surface area contributed by atoms with Crippen molar-refractivity contribution in [3.63, 3.8) is 0 Å². The fraction of sp³-hybridized carbons (Fsp3) is 0. The van der Waals surface area contributed by atoms with Gasteiger partial charge >= 0.3 is 29.6 Å². The third-order valence-electron chi connectivity index (χ3n) is 0.936. The molecule has 0 aliphatic carbocycles. The van der Waals surface area contributed by atoms with Gasteiger partial charge in [0.05, 0.1) is 0 Å². The van der Waals surface area contributed by atoms with Gasteiger partial charge in [0.2, 0.25) is 0 Å². The quantitative estimate of drug-likeness (QED) is 0.293. The SMILES string of the molecule is Nc1ccc(N)cc1.[BH4-].[Na+]. The van der Waals surface area contributed by atoms with Crippen molar-refractivity contribution in [3.8, 4) is 0 Å². The minimum atomic E-state index is 0. The zero-order valence-electron chi connectivity index (χ0n) is 5.46. The summed E-state index contributed by atoms with van der Waals surface area (Å²) >= 11 is 0. The fourth-order valence-electron chi connectivity index (χ4n) is 0.496. The number of benzene rings is 1. The molecule has 0 saturated carbocycles. The Kier molecular flexibility index (Phi) is 7.10. The molecule has 50 valence electrons. The predicted molar refractivity (Wildman–Crippen MR) is 46.6 cm³/mol. The van der Waals surface area contributed by atoms with E-state index < -0.39 is 0 Å². The van der Waals surface area contributed by atoms with Crippen molar-refractivity contribution in [2.75, 3.05) is 11.5 Å². The molecular weight excluding hydrogens is 134 g/mol. The van der Waals surface area contributed by atoms with Crippen LogP contribution in [0.3, 0.4) is 0 Å². The number of rotatable bonds is 0. The molecule has 0 aromatic heterocycles. The van der Waals surface area contributed by atoms with Gasteiger partial charge in [-0.15, -0.1) is 0 Å². The Labute approximate surface area is 84.8 Å². The van der Waals surface area contributed by atoms with Gasteiger partial charge in [0, 0.05) is 11.4 Å². The van der Waals surface area contributed by atoms with Crippen molar-refractivity contribution in [2.45, 2.75) is 0 Å². The molecule has 2 nitrogen and oxygen atoms in total. The molecule has 0 fully saturated rings. The van der Waals surface area contributed by atoms with E-state index in [1.807, 2.05) is 0 Å². The molecule has 0 aliphatic rings. The maximum atomic E-state index is 5.37. The molecule has 0 unspecified atom stereocenters. The minimum absolute atomic E-state index is 0. The summed E-state index contributed by atoms with van der Waals surface area (Å²) in [5, 5.41) is 0. The maximum Gasteiger partial charge on any atom is 1.00 e. The molecule has 1 aromatic carbocycles. The van der Waals surface area contributed by atoms with Crippen molar-refractivity contribution < 1.29 is 29.6 Å². The van der Waals surface area contributed by atoms with E-state index >= 15 is 0 Å². The van der Waals surface area contributed by atoms with E-state index in [1.165, 1.54) is 0 Å². The van der Waals surface area contributed by atoms with E-state index in [0.29, 0.717) is 0 Å². The van der Waals surface area contributed by atoms with E-state index in [-0.39, 0.29) is 38.0 Å². The Morgan fingerprint density at radius 1 is 0.800 bits per heavy atom. The van der Waals surface area contributed by atoms with E-state index in [9.17, 15) is 0 Å². The van der Waals surface area contributed by atoms with E-state index in [4.69, 9.17) is 11.5 Å². The Balaban J connectivity index is 0. The molecule has 0 bridgehead atoms. The van der Waals surface area contributed by atoms with E-state index in [0.717, 1.165) is 11.4 Å². The first-order valence-electron chi connectivity index (χ1n) is 2.40. The van der Waals surface area contributed by atoms with Gasteiger partial charge in [-0.25, -0.2) is 0 Å². The first-order valence-corrected chi connectivity index (χ1v) is 2.40. The summed E-state index contributed by atoms with van der Waals surface area (Å²) in [4.78, 5) is 0. The van der Waals surface area contributed by atoms with Gasteiger partial charge in [-0.05, 0) is 24.3 Å². The van der Waals surface area contributed by atoms with Gasteiger partial charge in [-0.2, -0.15) is 0 Å². The zero-order chi connectivity index (χ0) is 5.98. The summed E-state index contributed by atoms with van der Waals surface area (Å²) in [5.74, 6) is 0. The number of hydrogen-bond acceptors (Lipinski definition) is 2. The van der Waals surface area contributed by atoms with Gasteiger partial charge in [0.1, 0.15) is 0 Å². The molecule has 1 rings (SSSR count). The van der Waals surface area contributed by atoms with E-state index in [2.05, 4.69) is 0 Å². The van der Waals surface area contributed by atoms with Crippen LogP contribution in [0.15, 0.2) is 24.3 Å². The molecular formula is C6H12BN2Na. The Morgan fingerprint density at radius 3 is 1.20 bits per heavy atom. The summed E-state index contributed by atoms with van der Waals surface area (Å²) < 4.78 is 0. The number of nitrogens with two attached hydrogens (primary N) is 2. The Morgan fingerprint density at radius 2 is 1.00 bits per heavy atom. The molecule has 0 aliphatic heterocycles. The van der Waals surface area contributed by atoms with Gasteiger partial charge < -0.3 is 11.5 Å². The molecule has 0 saturated heterocycles. The van der Waals surface area contributed by atoms with Crippen molar-refractivity contribution in [1.29, 1.82) is 0 Å². The molecule has 0 radical (unpaired) electrons. The monoisotopic (exact) mass is 146 g/mol. The smallest absolute Gasteiger partial charge is 0.399 e. The van der Waals surface area contributed by atoms with Gasteiger partial charge in [0.15, 0.2) is 0 Å². The number of nitrogen functional groups attached to an aromatic ring is 2. The summed E-state index contributed by atoms with van der Waals surface area (Å²) in [6.45, 7) is 0. The van der Waals surface area contributed by atoms with Crippen LogP contribution in [0.1, 0.15) is 0 Å². The summed E-state index contributed by atoms with van der Waals surface area (Å²) in [6, 6.07) is 7.09. The van der Waals surface area contributed by atoms with Crippen LogP contribution in [-0.4, -0.2) is 8.41 Å². The fourth-order valence-corrected chi connectivity index (χ4v) is 0.496. The molecule has 0 atom stereocenters. The third-order valence-corrected chi connectivity index (χ3v) is 0.936. The first-order chi connectivity index (χ1) is 3.79. The second-order valence-corrected chi connectivity index (χ2v) is 1.67. The molecule has 0 heterocycles. The minimum Gasteiger partial charge on any atom is -0.399 e. The number of hydrogen-bond donors (Lipinski definition) is 2. The topological polar surface area (TPSA) is 52.0 Å². The first kappa shape index (κ1) is 12.6. The summed E-state index contributed by atoms with van der Waals surface area (Å²) in [6.07, 6.45) is 0. The van der Waals surface area contributed by atoms with Crippen LogP contribution in [-0.2, 0) is 0 Å². The van der Waals surface area contributed by atoms with Gasteiger partial charge in [-0.1, -0.05) is 8.41 Å². The predicted octanol–water partition coefficient (Wildman–Crippen LogP) is -3.60. The van der Waals surface area contributed by atoms with Crippen LogP contribution in [0.25, 0.3) is 0 Å². The second kappa shape index (κ2) is 5.65. The van der Waals surface area contributed by atoms with Gasteiger partial charge in [0.25, 0.3) is 0 Å². The summed E-state index contributed by atoms with van der Waals surface area (Å²) in [7, 11) is 0. The van der Waals surface area contributed by atoms with Crippen LogP contribution < -0.4 is 41.0 Å². The molecule has 10 heavy (non-hydrogen) atoms. The molecule has 0 amide bonds. The summed E-state index contributed by atoms with van der Waals surface area (Å²) in [5.41, 5.74) is 12.2. The third kappa shape index (κ3) is 3.83.